The van der Waals surface area contributed by atoms with Gasteiger partial charge < -0.3 is 14.5 Å². The fourth-order valence-corrected chi connectivity index (χ4v) is 2.82. The Labute approximate surface area is 136 Å². The Morgan fingerprint density at radius 3 is 2.59 bits per heavy atom. The van der Waals surface area contributed by atoms with Gasteiger partial charge in [0.2, 0.25) is 0 Å². The molecule has 7 heteroatoms. The summed E-state index contributed by atoms with van der Waals surface area (Å²) in [6, 6.07) is 5.68. The van der Waals surface area contributed by atoms with Crippen LogP contribution in [0.5, 0.6) is 6.01 Å². The molecular formula is C15H16BrN3O3. The maximum absolute atomic E-state index is 12.0. The van der Waals surface area contributed by atoms with E-state index in [-0.39, 0.29) is 18.1 Å². The highest BCUT2D eigenvalue weighted by Crippen LogP contribution is 2.22. The molecule has 22 heavy (non-hydrogen) atoms. The van der Waals surface area contributed by atoms with Crippen molar-refractivity contribution in [3.63, 3.8) is 0 Å². The first-order chi connectivity index (χ1) is 10.7. The lowest BCUT2D eigenvalue weighted by molar-refractivity contribution is 0.0858. The van der Waals surface area contributed by atoms with Crippen LogP contribution in [0.15, 0.2) is 39.7 Å². The number of carbonyl (C=O) groups excluding carboxylic acids is 1. The van der Waals surface area contributed by atoms with Crippen LogP contribution in [0.3, 0.4) is 0 Å². The molecule has 0 unspecified atom stereocenters. The minimum atomic E-state index is -0.179. The molecule has 0 spiro atoms. The van der Waals surface area contributed by atoms with Crippen LogP contribution in [0.4, 0.5) is 0 Å². The SMILES string of the molecule is O=C(NC1CCC(Oc2ncccn2)CC1)c1ccc(Br)o1. The summed E-state index contributed by atoms with van der Waals surface area (Å²) in [6.07, 6.45) is 6.89. The molecule has 0 radical (unpaired) electrons. The maximum atomic E-state index is 12.0. The highest BCUT2D eigenvalue weighted by Gasteiger charge is 2.25. The van der Waals surface area contributed by atoms with Crippen LogP contribution in [0.25, 0.3) is 0 Å². The Kier molecular flexibility index (Phi) is 4.72. The first-order valence-electron chi connectivity index (χ1n) is 7.20. The van der Waals surface area contributed by atoms with Gasteiger partial charge in [0.1, 0.15) is 6.10 Å². The summed E-state index contributed by atoms with van der Waals surface area (Å²) in [6.45, 7) is 0. The van der Waals surface area contributed by atoms with Gasteiger partial charge in [-0.2, -0.15) is 0 Å². The lowest BCUT2D eigenvalue weighted by Crippen LogP contribution is -2.39. The Morgan fingerprint density at radius 2 is 1.95 bits per heavy atom. The number of hydrogen-bond acceptors (Lipinski definition) is 5. The third kappa shape index (κ3) is 3.85. The molecule has 0 atom stereocenters. The lowest BCUT2D eigenvalue weighted by Gasteiger charge is -2.28. The van der Waals surface area contributed by atoms with Gasteiger partial charge in [0.15, 0.2) is 10.4 Å². The average molecular weight is 366 g/mol. The normalized spacial score (nSPS) is 21.3. The van der Waals surface area contributed by atoms with Crippen molar-refractivity contribution in [2.75, 3.05) is 0 Å². The number of nitrogens with one attached hydrogen (secondary N) is 1. The quantitative estimate of drug-likeness (QED) is 0.900. The third-order valence-corrected chi connectivity index (χ3v) is 4.05. The molecule has 116 valence electrons. The largest absolute Gasteiger partial charge is 0.460 e. The van der Waals surface area contributed by atoms with E-state index in [0.29, 0.717) is 16.4 Å². The van der Waals surface area contributed by atoms with Crippen molar-refractivity contribution in [1.82, 2.24) is 15.3 Å². The van der Waals surface area contributed by atoms with Gasteiger partial charge in [-0.25, -0.2) is 9.97 Å². The summed E-state index contributed by atoms with van der Waals surface area (Å²) in [7, 11) is 0. The minimum Gasteiger partial charge on any atom is -0.460 e. The zero-order valence-corrected chi connectivity index (χ0v) is 13.5. The summed E-state index contributed by atoms with van der Waals surface area (Å²) >= 11 is 3.19. The Balaban J connectivity index is 1.46. The number of aromatic nitrogens is 2. The maximum Gasteiger partial charge on any atom is 0.316 e. The second-order valence-corrected chi connectivity index (χ2v) is 5.98. The standard InChI is InChI=1S/C15H16BrN3O3/c16-13-7-6-12(22-13)14(20)19-10-2-4-11(5-3-10)21-15-17-8-1-9-18-15/h1,6-11H,2-5H2,(H,19,20). The summed E-state index contributed by atoms with van der Waals surface area (Å²) in [5, 5.41) is 2.99. The van der Waals surface area contributed by atoms with Crippen LogP contribution in [-0.4, -0.2) is 28.0 Å². The molecule has 0 aromatic carbocycles. The molecule has 0 saturated heterocycles. The molecule has 1 saturated carbocycles. The monoisotopic (exact) mass is 365 g/mol. The van der Waals surface area contributed by atoms with E-state index in [2.05, 4.69) is 31.2 Å². The van der Waals surface area contributed by atoms with Crippen molar-refractivity contribution < 1.29 is 13.9 Å². The van der Waals surface area contributed by atoms with Crippen molar-refractivity contribution in [3.8, 4) is 6.01 Å². The molecule has 2 aromatic heterocycles. The smallest absolute Gasteiger partial charge is 0.316 e. The van der Waals surface area contributed by atoms with E-state index < -0.39 is 0 Å². The molecule has 0 bridgehead atoms. The third-order valence-electron chi connectivity index (χ3n) is 3.62. The highest BCUT2D eigenvalue weighted by atomic mass is 79.9. The van der Waals surface area contributed by atoms with Crippen LogP contribution in [0, 0.1) is 0 Å². The average Bonchev–Trinajstić information content (AvgIpc) is 2.97. The van der Waals surface area contributed by atoms with Crippen LogP contribution in [0.1, 0.15) is 36.2 Å². The van der Waals surface area contributed by atoms with E-state index in [0.717, 1.165) is 25.7 Å². The Hall–Kier alpha value is -1.89. The van der Waals surface area contributed by atoms with E-state index >= 15 is 0 Å². The first kappa shape index (κ1) is 15.0. The van der Waals surface area contributed by atoms with Crippen molar-refractivity contribution >= 4 is 21.8 Å². The Bertz CT molecular complexity index is 624. The van der Waals surface area contributed by atoms with Crippen LogP contribution < -0.4 is 10.1 Å². The van der Waals surface area contributed by atoms with Gasteiger partial charge in [-0.15, -0.1) is 0 Å². The number of furan rings is 1. The highest BCUT2D eigenvalue weighted by molar-refractivity contribution is 9.10. The molecule has 1 amide bonds. The van der Waals surface area contributed by atoms with Crippen molar-refractivity contribution in [2.24, 2.45) is 0 Å². The molecule has 2 heterocycles. The van der Waals surface area contributed by atoms with Gasteiger partial charge in [0.05, 0.1) is 0 Å². The number of hydrogen-bond donors (Lipinski definition) is 1. The van der Waals surface area contributed by atoms with Crippen molar-refractivity contribution in [3.05, 3.63) is 41.0 Å². The summed E-state index contributed by atoms with van der Waals surface area (Å²) in [4.78, 5) is 20.1. The topological polar surface area (TPSA) is 77.2 Å². The number of ether oxygens (including phenoxy) is 1. The predicted octanol–water partition coefficient (Wildman–Crippen LogP) is 2.95. The molecule has 1 N–H and O–H groups in total. The fraction of sp³-hybridized carbons (Fsp3) is 0.400. The van der Waals surface area contributed by atoms with E-state index in [1.54, 1.807) is 30.6 Å². The van der Waals surface area contributed by atoms with Gasteiger partial charge in [0.25, 0.3) is 5.91 Å². The number of amides is 1. The van der Waals surface area contributed by atoms with Crippen LogP contribution in [0.2, 0.25) is 0 Å². The second-order valence-electron chi connectivity index (χ2n) is 5.20. The molecule has 6 nitrogen and oxygen atoms in total. The number of rotatable bonds is 4. The van der Waals surface area contributed by atoms with Gasteiger partial charge >= 0.3 is 6.01 Å². The van der Waals surface area contributed by atoms with Gasteiger partial charge in [-0.1, -0.05) is 0 Å². The van der Waals surface area contributed by atoms with E-state index in [4.69, 9.17) is 9.15 Å². The lowest BCUT2D eigenvalue weighted by atomic mass is 9.93. The van der Waals surface area contributed by atoms with Crippen molar-refractivity contribution in [1.29, 1.82) is 0 Å². The molecule has 2 aromatic rings. The number of halogens is 1. The zero-order chi connectivity index (χ0) is 15.4. The van der Waals surface area contributed by atoms with Crippen LogP contribution in [-0.2, 0) is 0 Å². The molecule has 1 aliphatic carbocycles. The predicted molar refractivity (Wildman–Crippen MR) is 82.6 cm³/mol. The second kappa shape index (κ2) is 6.91. The number of carbonyl (C=O) groups is 1. The van der Waals surface area contributed by atoms with Crippen molar-refractivity contribution in [2.45, 2.75) is 37.8 Å². The van der Waals surface area contributed by atoms with E-state index in [1.807, 2.05) is 0 Å². The summed E-state index contributed by atoms with van der Waals surface area (Å²) in [5.41, 5.74) is 0. The first-order valence-corrected chi connectivity index (χ1v) is 8.00. The van der Waals surface area contributed by atoms with Gasteiger partial charge in [-0.05, 0) is 59.8 Å². The molecule has 3 rings (SSSR count). The summed E-state index contributed by atoms with van der Waals surface area (Å²) < 4.78 is 11.5. The minimum absolute atomic E-state index is 0.105. The number of nitrogens with zero attached hydrogens (tertiary/aromatic N) is 2. The molecule has 1 aliphatic rings. The molecular weight excluding hydrogens is 350 g/mol. The summed E-state index contributed by atoms with van der Waals surface area (Å²) in [5.74, 6) is 0.143. The molecule has 1 fully saturated rings. The van der Waals surface area contributed by atoms with E-state index in [9.17, 15) is 4.79 Å². The van der Waals surface area contributed by atoms with E-state index in [1.165, 1.54) is 0 Å². The van der Waals surface area contributed by atoms with Gasteiger partial charge in [0, 0.05) is 18.4 Å². The Morgan fingerprint density at radius 1 is 1.23 bits per heavy atom. The van der Waals surface area contributed by atoms with Gasteiger partial charge in [-0.3, -0.25) is 4.79 Å². The molecule has 0 aliphatic heterocycles. The van der Waals surface area contributed by atoms with Crippen LogP contribution >= 0.6 is 15.9 Å². The fourth-order valence-electron chi connectivity index (χ4n) is 2.51. The zero-order valence-electron chi connectivity index (χ0n) is 11.9.